The number of hydrogen-bond acceptors (Lipinski definition) is 6. The third-order valence-electron chi connectivity index (χ3n) is 6.42. The van der Waals surface area contributed by atoms with E-state index in [-0.39, 0.29) is 36.6 Å². The van der Waals surface area contributed by atoms with Crippen LogP contribution in [-0.4, -0.2) is 47.0 Å². The van der Waals surface area contributed by atoms with Crippen LogP contribution in [0.1, 0.15) is 41.9 Å². The van der Waals surface area contributed by atoms with Gasteiger partial charge in [-0.15, -0.1) is 0 Å². The Labute approximate surface area is 209 Å². The number of halogens is 6. The number of nitrogen functional groups attached to an aromatic ring is 1. The molecule has 0 spiro atoms. The number of likely N-dealkylation sites (tertiary alicyclic amines) is 1. The van der Waals surface area contributed by atoms with Gasteiger partial charge in [-0.05, 0) is 57.6 Å². The minimum Gasteiger partial charge on any atom is -0.492 e. The van der Waals surface area contributed by atoms with Crippen LogP contribution in [0.15, 0.2) is 24.3 Å². The molecule has 0 aliphatic carbocycles. The molecule has 0 amide bonds. The van der Waals surface area contributed by atoms with Gasteiger partial charge in [0.15, 0.2) is 0 Å². The van der Waals surface area contributed by atoms with Crippen molar-refractivity contribution in [1.82, 2.24) is 14.9 Å². The number of likely N-dealkylation sites (N-methyl/N-ethyl adjacent to an activating group) is 1. The Bertz CT molecular complexity index is 1330. The second kappa shape index (κ2) is 9.55. The number of ether oxygens (including phenoxy) is 1. The van der Waals surface area contributed by atoms with Crippen molar-refractivity contribution in [2.75, 3.05) is 31.2 Å². The molecule has 3 aromatic rings. The average Bonchev–Trinajstić information content (AvgIpc) is 3.04. The number of rotatable bonds is 6. The molecule has 0 saturated carbocycles. The zero-order valence-corrected chi connectivity index (χ0v) is 20.7. The lowest BCUT2D eigenvalue weighted by molar-refractivity contribution is -0.140. The Morgan fingerprint density at radius 1 is 1.19 bits per heavy atom. The van der Waals surface area contributed by atoms with E-state index in [0.29, 0.717) is 34.1 Å². The van der Waals surface area contributed by atoms with Crippen LogP contribution in [-0.2, 0) is 6.18 Å². The van der Waals surface area contributed by atoms with Crippen molar-refractivity contribution in [3.8, 4) is 5.75 Å². The number of fused-ring (bicyclic) bond motifs is 1. The minimum absolute atomic E-state index is 0.0407. The molecule has 1 aliphatic heterocycles. The summed E-state index contributed by atoms with van der Waals surface area (Å²) in [4.78, 5) is 10.3. The van der Waals surface area contributed by atoms with Gasteiger partial charge < -0.3 is 15.8 Å². The average molecular weight is 528 g/mol. The third-order valence-corrected chi connectivity index (χ3v) is 6.42. The van der Waals surface area contributed by atoms with Crippen LogP contribution in [0.3, 0.4) is 0 Å². The molecule has 2 heterocycles. The SMILES string of the molecule is Cc1nc(N[C@H](C)c2cc(N)cc(C(F)(F)F)c2F)c2cc(OC[C@@H]3CC(F)(F)CN3C)c(C)cc2n1. The first-order valence-corrected chi connectivity index (χ1v) is 11.6. The zero-order valence-electron chi connectivity index (χ0n) is 20.7. The molecule has 1 fully saturated rings. The van der Waals surface area contributed by atoms with Crippen LogP contribution in [0.2, 0.25) is 0 Å². The standard InChI is InChI=1S/C25H27F6N5O/c1-12-5-20-18(8-21(12)37-10-16-9-24(27,28)11-36(16)4)23(35-14(3)34-20)33-13(2)17-6-15(32)7-19(22(17)26)25(29,30)31/h5-8,13,16H,9-11,32H2,1-4H3,(H,33,34,35)/t13-,16+/m1/s1. The van der Waals surface area contributed by atoms with Gasteiger partial charge in [-0.2, -0.15) is 13.2 Å². The smallest absolute Gasteiger partial charge is 0.419 e. The highest BCUT2D eigenvalue weighted by molar-refractivity contribution is 5.91. The molecule has 0 radical (unpaired) electrons. The number of nitrogens with two attached hydrogens (primary N) is 1. The highest BCUT2D eigenvalue weighted by Gasteiger charge is 2.43. The fourth-order valence-electron chi connectivity index (χ4n) is 4.55. The van der Waals surface area contributed by atoms with Crippen molar-refractivity contribution in [1.29, 1.82) is 0 Å². The molecule has 2 atom stereocenters. The summed E-state index contributed by atoms with van der Waals surface area (Å²) in [6, 6.07) is 3.67. The predicted octanol–water partition coefficient (Wildman–Crippen LogP) is 5.88. The molecule has 6 nitrogen and oxygen atoms in total. The third kappa shape index (κ3) is 5.68. The van der Waals surface area contributed by atoms with Gasteiger partial charge in [-0.1, -0.05) is 0 Å². The molecule has 37 heavy (non-hydrogen) atoms. The monoisotopic (exact) mass is 527 g/mol. The Hall–Kier alpha value is -3.28. The van der Waals surface area contributed by atoms with Gasteiger partial charge >= 0.3 is 6.18 Å². The largest absolute Gasteiger partial charge is 0.492 e. The summed E-state index contributed by atoms with van der Waals surface area (Å²) in [5.41, 5.74) is 4.93. The summed E-state index contributed by atoms with van der Waals surface area (Å²) in [7, 11) is 1.61. The maximum absolute atomic E-state index is 14.8. The number of benzene rings is 2. The Balaban J connectivity index is 1.66. The van der Waals surface area contributed by atoms with Crippen LogP contribution in [0.5, 0.6) is 5.75 Å². The number of nitrogens with zero attached hydrogens (tertiary/aromatic N) is 3. The van der Waals surface area contributed by atoms with Crippen molar-refractivity contribution in [2.24, 2.45) is 0 Å². The van der Waals surface area contributed by atoms with E-state index in [9.17, 15) is 26.3 Å². The lowest BCUT2D eigenvalue weighted by atomic mass is 10.0. The van der Waals surface area contributed by atoms with E-state index in [4.69, 9.17) is 10.5 Å². The molecule has 2 aromatic carbocycles. The Kier molecular flexibility index (Phi) is 6.91. The molecule has 200 valence electrons. The molecule has 1 aliphatic rings. The Morgan fingerprint density at radius 3 is 2.51 bits per heavy atom. The highest BCUT2D eigenvalue weighted by Crippen LogP contribution is 2.37. The number of anilines is 2. The summed E-state index contributed by atoms with van der Waals surface area (Å²) >= 11 is 0. The molecule has 0 bridgehead atoms. The van der Waals surface area contributed by atoms with Crippen molar-refractivity contribution in [2.45, 2.75) is 51.4 Å². The summed E-state index contributed by atoms with van der Waals surface area (Å²) < 4.78 is 88.1. The fraction of sp³-hybridized carbons (Fsp3) is 0.440. The Morgan fingerprint density at radius 2 is 1.89 bits per heavy atom. The van der Waals surface area contributed by atoms with Crippen LogP contribution >= 0.6 is 0 Å². The predicted molar refractivity (Wildman–Crippen MR) is 128 cm³/mol. The van der Waals surface area contributed by atoms with E-state index in [2.05, 4.69) is 15.3 Å². The maximum Gasteiger partial charge on any atom is 0.419 e. The number of nitrogens with one attached hydrogen (secondary N) is 1. The number of alkyl halides is 5. The maximum atomic E-state index is 14.8. The molecule has 0 unspecified atom stereocenters. The van der Waals surface area contributed by atoms with E-state index in [1.54, 1.807) is 37.9 Å². The first-order chi connectivity index (χ1) is 17.1. The number of aromatic nitrogens is 2. The van der Waals surface area contributed by atoms with Gasteiger partial charge in [-0.3, -0.25) is 4.90 Å². The van der Waals surface area contributed by atoms with E-state index < -0.39 is 35.6 Å². The summed E-state index contributed by atoms with van der Waals surface area (Å²) in [5.74, 6) is -3.14. The van der Waals surface area contributed by atoms with Crippen molar-refractivity contribution >= 4 is 22.4 Å². The van der Waals surface area contributed by atoms with Crippen molar-refractivity contribution < 1.29 is 31.1 Å². The van der Waals surface area contributed by atoms with Gasteiger partial charge in [0.05, 0.1) is 23.7 Å². The fourth-order valence-corrected chi connectivity index (χ4v) is 4.55. The van der Waals surface area contributed by atoms with Crippen molar-refractivity contribution in [3.05, 3.63) is 52.6 Å². The van der Waals surface area contributed by atoms with E-state index >= 15 is 0 Å². The topological polar surface area (TPSA) is 76.3 Å². The first kappa shape index (κ1) is 26.8. The van der Waals surface area contributed by atoms with Gasteiger partial charge in [-0.25, -0.2) is 23.1 Å². The second-order valence-corrected chi connectivity index (χ2v) is 9.53. The minimum atomic E-state index is -4.91. The van der Waals surface area contributed by atoms with Crippen LogP contribution in [0, 0.1) is 19.7 Å². The summed E-state index contributed by atoms with van der Waals surface area (Å²) in [5, 5.41) is 3.45. The van der Waals surface area contributed by atoms with Crippen LogP contribution in [0.4, 0.5) is 37.8 Å². The lowest BCUT2D eigenvalue weighted by Crippen LogP contribution is -2.30. The van der Waals surface area contributed by atoms with Gasteiger partial charge in [0.25, 0.3) is 5.92 Å². The van der Waals surface area contributed by atoms with E-state index in [1.165, 1.54) is 6.92 Å². The van der Waals surface area contributed by atoms with Gasteiger partial charge in [0.2, 0.25) is 0 Å². The van der Waals surface area contributed by atoms with Gasteiger partial charge in [0.1, 0.15) is 29.8 Å². The van der Waals surface area contributed by atoms with Crippen LogP contribution in [0.25, 0.3) is 10.9 Å². The second-order valence-electron chi connectivity index (χ2n) is 9.53. The molecular weight excluding hydrogens is 500 g/mol. The number of hydrogen-bond donors (Lipinski definition) is 2. The molecular formula is C25H27F6N5O. The van der Waals surface area contributed by atoms with E-state index in [1.807, 2.05) is 0 Å². The zero-order chi connectivity index (χ0) is 27.3. The normalized spacial score (nSPS) is 18.8. The molecule has 4 rings (SSSR count). The molecule has 1 saturated heterocycles. The van der Waals surface area contributed by atoms with Crippen LogP contribution < -0.4 is 15.8 Å². The lowest BCUT2D eigenvalue weighted by Gasteiger charge is -2.21. The highest BCUT2D eigenvalue weighted by atomic mass is 19.4. The van der Waals surface area contributed by atoms with Crippen molar-refractivity contribution in [3.63, 3.8) is 0 Å². The number of aryl methyl sites for hydroxylation is 2. The molecule has 1 aromatic heterocycles. The van der Waals surface area contributed by atoms with E-state index in [0.717, 1.165) is 6.07 Å². The quantitative estimate of drug-likeness (QED) is 0.308. The molecule has 12 heteroatoms. The van der Waals surface area contributed by atoms with Gasteiger partial charge in [0, 0.05) is 29.1 Å². The first-order valence-electron chi connectivity index (χ1n) is 11.6. The summed E-state index contributed by atoms with van der Waals surface area (Å²) in [6.07, 6.45) is -5.22. The summed E-state index contributed by atoms with van der Waals surface area (Å²) in [6.45, 7) is 4.62. The molecule has 3 N–H and O–H groups in total.